The van der Waals surface area contributed by atoms with Crippen LogP contribution in [0.1, 0.15) is 10.4 Å². The first-order valence-electron chi connectivity index (χ1n) is 5.98. The second-order valence-corrected chi connectivity index (χ2v) is 4.17. The van der Waals surface area contributed by atoms with Crippen molar-refractivity contribution in [1.29, 1.82) is 0 Å². The molecule has 3 rings (SSSR count). The van der Waals surface area contributed by atoms with Crippen LogP contribution >= 0.6 is 0 Å². The third-order valence-corrected chi connectivity index (χ3v) is 2.91. The summed E-state index contributed by atoms with van der Waals surface area (Å²) in [6, 6.07) is 5.52. The number of hydrogen-bond donors (Lipinski definition) is 2. The predicted molar refractivity (Wildman–Crippen MR) is 74.0 cm³/mol. The topological polar surface area (TPSA) is 98.2 Å². The first-order valence-corrected chi connectivity index (χ1v) is 5.98. The Morgan fingerprint density at radius 2 is 2.20 bits per heavy atom. The second kappa shape index (κ2) is 4.61. The zero-order chi connectivity index (χ0) is 14.1. The van der Waals surface area contributed by atoms with Gasteiger partial charge in [-0.3, -0.25) is 9.78 Å². The summed E-state index contributed by atoms with van der Waals surface area (Å²) in [5.74, 6) is 0.0955. The van der Waals surface area contributed by atoms with E-state index in [9.17, 15) is 4.79 Å². The maximum atomic E-state index is 11.6. The molecule has 7 nitrogen and oxygen atoms in total. The van der Waals surface area contributed by atoms with Gasteiger partial charge in [-0.15, -0.1) is 5.10 Å². The standard InChI is InChI=1S/C13H12N6O/c1-15-13(20)8-6-17-12-10(9-4-2-3-5-16-9)11(14)18-19(12)7-8/h2-7H,1H3,(H2,14,18)(H,15,20). The van der Waals surface area contributed by atoms with E-state index in [2.05, 4.69) is 20.4 Å². The van der Waals surface area contributed by atoms with Crippen molar-refractivity contribution in [2.75, 3.05) is 12.8 Å². The Bertz CT molecular complexity index is 780. The quantitative estimate of drug-likeness (QED) is 0.714. The number of nitrogens with zero attached hydrogens (tertiary/aromatic N) is 4. The van der Waals surface area contributed by atoms with Gasteiger partial charge in [0.15, 0.2) is 11.5 Å². The lowest BCUT2D eigenvalue weighted by Gasteiger charge is -2.01. The van der Waals surface area contributed by atoms with Gasteiger partial charge in [0.2, 0.25) is 0 Å². The lowest BCUT2D eigenvalue weighted by atomic mass is 10.2. The number of fused-ring (bicyclic) bond motifs is 1. The number of carbonyl (C=O) groups is 1. The molecule has 0 aliphatic heterocycles. The summed E-state index contributed by atoms with van der Waals surface area (Å²) in [6.07, 6.45) is 4.75. The molecule has 0 bridgehead atoms. The molecule has 20 heavy (non-hydrogen) atoms. The maximum absolute atomic E-state index is 11.6. The third-order valence-electron chi connectivity index (χ3n) is 2.91. The van der Waals surface area contributed by atoms with Gasteiger partial charge in [0.1, 0.15) is 0 Å². The van der Waals surface area contributed by atoms with Gasteiger partial charge in [-0.05, 0) is 12.1 Å². The van der Waals surface area contributed by atoms with Gasteiger partial charge < -0.3 is 11.1 Å². The van der Waals surface area contributed by atoms with Crippen LogP contribution in [0.5, 0.6) is 0 Å². The third kappa shape index (κ3) is 1.85. The lowest BCUT2D eigenvalue weighted by Crippen LogP contribution is -2.18. The monoisotopic (exact) mass is 268 g/mol. The van der Waals surface area contributed by atoms with E-state index in [1.54, 1.807) is 19.4 Å². The van der Waals surface area contributed by atoms with Crippen LogP contribution in [-0.2, 0) is 0 Å². The van der Waals surface area contributed by atoms with E-state index in [0.717, 1.165) is 0 Å². The highest BCUT2D eigenvalue weighted by Gasteiger charge is 2.16. The van der Waals surface area contributed by atoms with Crippen LogP contribution < -0.4 is 11.1 Å². The zero-order valence-corrected chi connectivity index (χ0v) is 10.7. The maximum Gasteiger partial charge on any atom is 0.254 e. The van der Waals surface area contributed by atoms with Crippen molar-refractivity contribution in [2.45, 2.75) is 0 Å². The van der Waals surface area contributed by atoms with Crippen molar-refractivity contribution in [3.63, 3.8) is 0 Å². The Kier molecular flexibility index (Phi) is 2.79. The number of anilines is 1. The van der Waals surface area contributed by atoms with E-state index in [4.69, 9.17) is 5.73 Å². The van der Waals surface area contributed by atoms with Gasteiger partial charge in [0, 0.05) is 25.6 Å². The number of pyridine rings is 1. The molecule has 0 aliphatic carbocycles. The van der Waals surface area contributed by atoms with Crippen LogP contribution in [0.3, 0.4) is 0 Å². The highest BCUT2D eigenvalue weighted by atomic mass is 16.1. The summed E-state index contributed by atoms with van der Waals surface area (Å²) < 4.78 is 1.49. The van der Waals surface area contributed by atoms with Crippen LogP contribution in [0.25, 0.3) is 16.9 Å². The Morgan fingerprint density at radius 3 is 2.90 bits per heavy atom. The average Bonchev–Trinajstić information content (AvgIpc) is 2.82. The van der Waals surface area contributed by atoms with Crippen LogP contribution in [0.4, 0.5) is 5.82 Å². The zero-order valence-electron chi connectivity index (χ0n) is 10.7. The van der Waals surface area contributed by atoms with Crippen molar-refractivity contribution in [3.05, 3.63) is 42.4 Å². The Hall–Kier alpha value is -2.96. The molecule has 0 atom stereocenters. The van der Waals surface area contributed by atoms with E-state index < -0.39 is 0 Å². The smallest absolute Gasteiger partial charge is 0.254 e. The molecule has 3 aromatic heterocycles. The van der Waals surface area contributed by atoms with Crippen LogP contribution in [-0.4, -0.2) is 32.5 Å². The fourth-order valence-corrected chi connectivity index (χ4v) is 1.97. The molecule has 7 heteroatoms. The number of aromatic nitrogens is 4. The van der Waals surface area contributed by atoms with Gasteiger partial charge in [0.25, 0.3) is 5.91 Å². The fraction of sp³-hybridized carbons (Fsp3) is 0.0769. The predicted octanol–water partition coefficient (Wildman–Crippen LogP) is 0.733. The highest BCUT2D eigenvalue weighted by Crippen LogP contribution is 2.27. The molecule has 0 unspecified atom stereocenters. The molecule has 0 saturated carbocycles. The Balaban J connectivity index is 2.20. The highest BCUT2D eigenvalue weighted by molar-refractivity contribution is 5.94. The summed E-state index contributed by atoms with van der Waals surface area (Å²) in [5, 5.41) is 6.71. The van der Waals surface area contributed by atoms with Crippen LogP contribution in [0.15, 0.2) is 36.8 Å². The van der Waals surface area contributed by atoms with Crippen molar-refractivity contribution < 1.29 is 4.79 Å². The number of nitrogen functional groups attached to an aromatic ring is 1. The van der Waals surface area contributed by atoms with Gasteiger partial charge in [-0.1, -0.05) is 6.07 Å². The molecule has 3 heterocycles. The summed E-state index contributed by atoms with van der Waals surface area (Å²) in [7, 11) is 1.56. The van der Waals surface area contributed by atoms with Crippen molar-refractivity contribution >= 4 is 17.4 Å². The number of carbonyl (C=O) groups excluding carboxylic acids is 1. The van der Waals surface area contributed by atoms with E-state index >= 15 is 0 Å². The van der Waals surface area contributed by atoms with E-state index in [1.165, 1.54) is 10.7 Å². The normalized spacial score (nSPS) is 10.7. The summed E-state index contributed by atoms with van der Waals surface area (Å²) in [5.41, 5.74) is 8.26. The number of amides is 1. The number of nitrogens with one attached hydrogen (secondary N) is 1. The van der Waals surface area contributed by atoms with Crippen molar-refractivity contribution in [2.24, 2.45) is 0 Å². The minimum Gasteiger partial charge on any atom is -0.382 e. The molecule has 3 aromatic rings. The summed E-state index contributed by atoms with van der Waals surface area (Å²) in [6.45, 7) is 0. The average molecular weight is 268 g/mol. The van der Waals surface area contributed by atoms with Gasteiger partial charge in [0.05, 0.1) is 16.8 Å². The molecule has 0 aliphatic rings. The molecule has 0 saturated heterocycles. The molecule has 1 amide bonds. The van der Waals surface area contributed by atoms with E-state index in [-0.39, 0.29) is 5.91 Å². The van der Waals surface area contributed by atoms with Crippen LogP contribution in [0, 0.1) is 0 Å². The Morgan fingerprint density at radius 1 is 1.35 bits per heavy atom. The van der Waals surface area contributed by atoms with Crippen LogP contribution in [0.2, 0.25) is 0 Å². The van der Waals surface area contributed by atoms with Crippen molar-refractivity contribution in [3.8, 4) is 11.3 Å². The minimum atomic E-state index is -0.229. The van der Waals surface area contributed by atoms with Gasteiger partial charge in [-0.25, -0.2) is 9.50 Å². The summed E-state index contributed by atoms with van der Waals surface area (Å²) in [4.78, 5) is 20.1. The molecular formula is C13H12N6O. The van der Waals surface area contributed by atoms with Gasteiger partial charge >= 0.3 is 0 Å². The Labute approximate surface area is 114 Å². The lowest BCUT2D eigenvalue weighted by molar-refractivity contribution is 0.0962. The van der Waals surface area contributed by atoms with E-state index in [0.29, 0.717) is 28.3 Å². The fourth-order valence-electron chi connectivity index (χ4n) is 1.97. The minimum absolute atomic E-state index is 0.229. The SMILES string of the molecule is CNC(=O)c1cnc2c(-c3ccccn3)c(N)nn2c1. The number of hydrogen-bond acceptors (Lipinski definition) is 5. The van der Waals surface area contributed by atoms with Gasteiger partial charge in [-0.2, -0.15) is 0 Å². The van der Waals surface area contributed by atoms with Crippen molar-refractivity contribution in [1.82, 2.24) is 24.9 Å². The molecular weight excluding hydrogens is 256 g/mol. The summed E-state index contributed by atoms with van der Waals surface area (Å²) >= 11 is 0. The number of rotatable bonds is 2. The second-order valence-electron chi connectivity index (χ2n) is 4.17. The first kappa shape index (κ1) is 12.1. The molecule has 0 spiro atoms. The molecule has 0 fully saturated rings. The first-order chi connectivity index (χ1) is 9.70. The molecule has 0 aromatic carbocycles. The number of nitrogens with two attached hydrogens (primary N) is 1. The molecule has 100 valence electrons. The molecule has 0 radical (unpaired) electrons. The largest absolute Gasteiger partial charge is 0.382 e. The van der Waals surface area contributed by atoms with E-state index in [1.807, 2.05) is 18.2 Å². The molecule has 3 N–H and O–H groups in total.